The molecule has 3 aromatic rings. The number of halogens is 1. The maximum atomic E-state index is 13.8. The van der Waals surface area contributed by atoms with Crippen molar-refractivity contribution in [1.29, 1.82) is 0 Å². The number of carbonyl (C=O) groups is 1. The van der Waals surface area contributed by atoms with Crippen LogP contribution in [-0.2, 0) is 11.4 Å². The summed E-state index contributed by atoms with van der Waals surface area (Å²) in [6.07, 6.45) is 1.65. The van der Waals surface area contributed by atoms with Crippen molar-refractivity contribution >= 4 is 11.9 Å². The van der Waals surface area contributed by atoms with E-state index in [2.05, 4.69) is 15.4 Å². The van der Waals surface area contributed by atoms with Crippen LogP contribution < -0.4 is 14.8 Å². The monoisotopic (exact) mass is 382 g/mol. The molecular formula is C20H19FN4O3. The number of amides is 1. The molecule has 1 amide bonds. The number of nitrogens with zero attached hydrogens (tertiary/aromatic N) is 3. The number of anilines is 1. The summed E-state index contributed by atoms with van der Waals surface area (Å²) in [7, 11) is 0. The number of hydrogen-bond acceptors (Lipinski definition) is 5. The first-order valence-electron chi connectivity index (χ1n) is 8.98. The van der Waals surface area contributed by atoms with Crippen molar-refractivity contribution in [1.82, 2.24) is 14.8 Å². The maximum Gasteiger partial charge on any atom is 0.229 e. The van der Waals surface area contributed by atoms with E-state index in [1.807, 2.05) is 19.1 Å². The van der Waals surface area contributed by atoms with Gasteiger partial charge in [-0.25, -0.2) is 9.07 Å². The average Bonchev–Trinajstić information content (AvgIpc) is 3.16. The number of hydrogen-bond donors (Lipinski definition) is 1. The molecule has 0 aliphatic carbocycles. The van der Waals surface area contributed by atoms with E-state index in [4.69, 9.17) is 9.47 Å². The molecule has 1 atom stereocenters. The molecule has 0 spiro atoms. The van der Waals surface area contributed by atoms with Crippen molar-refractivity contribution in [2.24, 2.45) is 0 Å². The molecule has 0 radical (unpaired) electrons. The Bertz CT molecular complexity index is 1000. The molecule has 1 N–H and O–H groups in total. The van der Waals surface area contributed by atoms with Crippen LogP contribution in [0.25, 0.3) is 0 Å². The highest BCUT2D eigenvalue weighted by Crippen LogP contribution is 2.35. The van der Waals surface area contributed by atoms with Gasteiger partial charge < -0.3 is 9.47 Å². The average molecular weight is 382 g/mol. The fourth-order valence-corrected chi connectivity index (χ4v) is 3.15. The fourth-order valence-electron chi connectivity index (χ4n) is 3.15. The number of rotatable bonds is 6. The van der Waals surface area contributed by atoms with Gasteiger partial charge >= 0.3 is 0 Å². The predicted molar refractivity (Wildman–Crippen MR) is 99.8 cm³/mol. The molecule has 4 rings (SSSR count). The Labute approximate surface area is 161 Å². The molecule has 0 fully saturated rings. The van der Waals surface area contributed by atoms with Crippen molar-refractivity contribution in [3.63, 3.8) is 0 Å². The topological polar surface area (TPSA) is 78.3 Å². The molecule has 2 aromatic carbocycles. The van der Waals surface area contributed by atoms with Gasteiger partial charge in [0.15, 0.2) is 11.5 Å². The number of aromatic nitrogens is 3. The van der Waals surface area contributed by atoms with Gasteiger partial charge in [0.2, 0.25) is 11.9 Å². The standard InChI is InChI=1S/C20H19FN4O3/c1-2-27-18-9-13(16-10-19(26)24-20-22-12-23-25(16)20)7-8-17(18)28-11-14-5-3-4-6-15(14)21/h3-9,12,16H,2,10-11H2,1H3,(H,22,23,24,26)/t16-/m0/s1. The van der Waals surface area contributed by atoms with Crippen LogP contribution in [0.2, 0.25) is 0 Å². The molecule has 8 heteroatoms. The fraction of sp³-hybridized carbons (Fsp3) is 0.250. The van der Waals surface area contributed by atoms with Crippen LogP contribution in [-0.4, -0.2) is 27.3 Å². The van der Waals surface area contributed by atoms with Gasteiger partial charge in [-0.15, -0.1) is 0 Å². The summed E-state index contributed by atoms with van der Waals surface area (Å²) >= 11 is 0. The van der Waals surface area contributed by atoms with E-state index >= 15 is 0 Å². The summed E-state index contributed by atoms with van der Waals surface area (Å²) in [4.78, 5) is 16.1. The second-order valence-corrected chi connectivity index (χ2v) is 6.32. The minimum atomic E-state index is -0.316. The van der Waals surface area contributed by atoms with Gasteiger partial charge in [-0.2, -0.15) is 10.1 Å². The van der Waals surface area contributed by atoms with Crippen LogP contribution in [0.3, 0.4) is 0 Å². The van der Waals surface area contributed by atoms with Crippen LogP contribution >= 0.6 is 0 Å². The van der Waals surface area contributed by atoms with Gasteiger partial charge in [0, 0.05) is 5.56 Å². The Morgan fingerprint density at radius 2 is 2.07 bits per heavy atom. The van der Waals surface area contributed by atoms with E-state index in [9.17, 15) is 9.18 Å². The van der Waals surface area contributed by atoms with Gasteiger partial charge in [-0.1, -0.05) is 24.3 Å². The summed E-state index contributed by atoms with van der Waals surface area (Å²) in [5, 5.41) is 6.90. The molecule has 28 heavy (non-hydrogen) atoms. The molecule has 1 aliphatic heterocycles. The number of ether oxygens (including phenoxy) is 2. The Balaban J connectivity index is 1.61. The van der Waals surface area contributed by atoms with Crippen LogP contribution in [0.1, 0.15) is 30.5 Å². The minimum Gasteiger partial charge on any atom is -0.490 e. The summed E-state index contributed by atoms with van der Waals surface area (Å²) in [5.41, 5.74) is 1.31. The van der Waals surface area contributed by atoms with E-state index in [0.717, 1.165) is 5.56 Å². The summed E-state index contributed by atoms with van der Waals surface area (Å²) < 4.78 is 27.0. The molecule has 7 nitrogen and oxygen atoms in total. The van der Waals surface area contributed by atoms with Crippen molar-refractivity contribution < 1.29 is 18.7 Å². The lowest BCUT2D eigenvalue weighted by Crippen LogP contribution is -2.29. The van der Waals surface area contributed by atoms with E-state index in [1.165, 1.54) is 12.4 Å². The lowest BCUT2D eigenvalue weighted by atomic mass is 10.0. The zero-order valence-corrected chi connectivity index (χ0v) is 15.3. The smallest absolute Gasteiger partial charge is 0.229 e. The van der Waals surface area contributed by atoms with Crippen LogP contribution in [0.15, 0.2) is 48.8 Å². The van der Waals surface area contributed by atoms with E-state index in [-0.39, 0.29) is 30.8 Å². The minimum absolute atomic E-state index is 0.0884. The third kappa shape index (κ3) is 3.53. The zero-order chi connectivity index (χ0) is 19.5. The quantitative estimate of drug-likeness (QED) is 0.708. The molecule has 0 bridgehead atoms. The van der Waals surface area contributed by atoms with Crippen LogP contribution in [0.5, 0.6) is 11.5 Å². The molecular weight excluding hydrogens is 363 g/mol. The highest BCUT2D eigenvalue weighted by atomic mass is 19.1. The summed E-state index contributed by atoms with van der Waals surface area (Å²) in [6, 6.07) is 11.6. The molecule has 0 saturated carbocycles. The largest absolute Gasteiger partial charge is 0.490 e. The number of carbonyl (C=O) groups excluding carboxylic acids is 1. The third-order valence-corrected chi connectivity index (χ3v) is 4.49. The number of fused-ring (bicyclic) bond motifs is 1. The summed E-state index contributed by atoms with van der Waals surface area (Å²) in [6.45, 7) is 2.40. The van der Waals surface area contributed by atoms with Crippen molar-refractivity contribution in [2.75, 3.05) is 11.9 Å². The van der Waals surface area contributed by atoms with Crippen LogP contribution in [0.4, 0.5) is 10.3 Å². The zero-order valence-electron chi connectivity index (χ0n) is 15.3. The van der Waals surface area contributed by atoms with Gasteiger partial charge in [0.25, 0.3) is 0 Å². The SMILES string of the molecule is CCOc1cc([C@@H]2CC(=O)Nc3ncnn32)ccc1OCc1ccccc1F. The lowest BCUT2D eigenvalue weighted by Gasteiger charge is -2.24. The summed E-state index contributed by atoms with van der Waals surface area (Å²) in [5.74, 6) is 1.02. The first kappa shape index (κ1) is 18.0. The Morgan fingerprint density at radius 1 is 1.21 bits per heavy atom. The van der Waals surface area contributed by atoms with Crippen molar-refractivity contribution in [3.05, 3.63) is 65.7 Å². The second kappa shape index (κ2) is 7.67. The predicted octanol–water partition coefficient (Wildman–Crippen LogP) is 3.33. The molecule has 2 heterocycles. The highest BCUT2D eigenvalue weighted by Gasteiger charge is 2.28. The first-order chi connectivity index (χ1) is 13.7. The third-order valence-electron chi connectivity index (χ3n) is 4.49. The van der Waals surface area contributed by atoms with Crippen molar-refractivity contribution in [2.45, 2.75) is 26.0 Å². The Hall–Kier alpha value is -3.42. The molecule has 0 saturated heterocycles. The van der Waals surface area contributed by atoms with Gasteiger partial charge in [-0.05, 0) is 30.7 Å². The normalized spacial score (nSPS) is 15.6. The lowest BCUT2D eigenvalue weighted by molar-refractivity contribution is -0.117. The Morgan fingerprint density at radius 3 is 2.89 bits per heavy atom. The first-order valence-corrected chi connectivity index (χ1v) is 8.98. The molecule has 0 unspecified atom stereocenters. The van der Waals surface area contributed by atoms with Gasteiger partial charge in [0.1, 0.15) is 18.8 Å². The second-order valence-electron chi connectivity index (χ2n) is 6.32. The van der Waals surface area contributed by atoms with Crippen LogP contribution in [0, 0.1) is 5.82 Å². The molecule has 144 valence electrons. The number of benzene rings is 2. The number of nitrogens with one attached hydrogen (secondary N) is 1. The Kier molecular flexibility index (Phi) is 4.92. The maximum absolute atomic E-state index is 13.8. The highest BCUT2D eigenvalue weighted by molar-refractivity contribution is 5.91. The van der Waals surface area contributed by atoms with Gasteiger partial charge in [0.05, 0.1) is 19.1 Å². The molecule has 1 aromatic heterocycles. The molecule has 1 aliphatic rings. The van der Waals surface area contributed by atoms with Crippen molar-refractivity contribution in [3.8, 4) is 11.5 Å². The van der Waals surface area contributed by atoms with E-state index in [0.29, 0.717) is 29.6 Å². The van der Waals surface area contributed by atoms with E-state index in [1.54, 1.807) is 28.9 Å². The van der Waals surface area contributed by atoms with E-state index < -0.39 is 0 Å². The van der Waals surface area contributed by atoms with Gasteiger partial charge in [-0.3, -0.25) is 10.1 Å².